The van der Waals surface area contributed by atoms with E-state index in [2.05, 4.69) is 16.7 Å². The summed E-state index contributed by atoms with van der Waals surface area (Å²) >= 11 is 0. The van der Waals surface area contributed by atoms with Gasteiger partial charge in [0.05, 0.1) is 0 Å². The number of nitrogens with one attached hydrogen (secondary N) is 2. The van der Waals surface area contributed by atoms with E-state index in [1.807, 2.05) is 50.6 Å². The molecule has 0 fully saturated rings. The second-order valence-electron chi connectivity index (χ2n) is 7.29. The van der Waals surface area contributed by atoms with Crippen molar-refractivity contribution in [1.29, 1.82) is 0 Å². The second kappa shape index (κ2) is 7.66. The molecule has 0 aliphatic carbocycles. The van der Waals surface area contributed by atoms with Crippen molar-refractivity contribution in [2.24, 2.45) is 13.0 Å². The van der Waals surface area contributed by atoms with Crippen LogP contribution in [0.3, 0.4) is 0 Å². The molecule has 3 aromatic rings. The molecule has 5 heteroatoms. The zero-order valence-electron chi connectivity index (χ0n) is 16.2. The minimum Gasteiger partial charge on any atom is -0.352 e. The van der Waals surface area contributed by atoms with Crippen molar-refractivity contribution in [2.75, 3.05) is 11.9 Å². The molecule has 140 valence electrons. The summed E-state index contributed by atoms with van der Waals surface area (Å²) in [5.41, 5.74) is 3.86. The molecule has 2 N–H and O–H groups in total. The molecule has 5 nitrogen and oxygen atoms in total. The number of carbonyl (C=O) groups excluding carboxylic acids is 2. The quantitative estimate of drug-likeness (QED) is 0.716. The van der Waals surface area contributed by atoms with Gasteiger partial charge in [-0.05, 0) is 49.2 Å². The van der Waals surface area contributed by atoms with Gasteiger partial charge in [0, 0.05) is 35.7 Å². The van der Waals surface area contributed by atoms with Crippen LogP contribution in [0.2, 0.25) is 0 Å². The molecule has 0 spiro atoms. The molecule has 0 saturated carbocycles. The van der Waals surface area contributed by atoms with E-state index in [4.69, 9.17) is 0 Å². The molecule has 2 amide bonds. The van der Waals surface area contributed by atoms with Gasteiger partial charge in [-0.25, -0.2) is 0 Å². The average Bonchev–Trinajstić information content (AvgIpc) is 2.96. The van der Waals surface area contributed by atoms with Crippen molar-refractivity contribution in [3.63, 3.8) is 0 Å². The van der Waals surface area contributed by atoms with E-state index in [9.17, 15) is 9.59 Å². The highest BCUT2D eigenvalue weighted by Crippen LogP contribution is 2.21. The van der Waals surface area contributed by atoms with Crippen molar-refractivity contribution in [1.82, 2.24) is 9.88 Å². The number of nitrogens with zero attached hydrogens (tertiary/aromatic N) is 1. The van der Waals surface area contributed by atoms with Gasteiger partial charge in [0.1, 0.15) is 5.69 Å². The molecule has 1 aromatic heterocycles. The van der Waals surface area contributed by atoms with Gasteiger partial charge in [0.15, 0.2) is 0 Å². The zero-order valence-corrected chi connectivity index (χ0v) is 16.2. The fourth-order valence-corrected chi connectivity index (χ4v) is 3.02. The SMILES string of the molecule is Cc1ccc2c(c1)cc(C(=O)Nc1cccc(C(=O)NCC(C)C)c1)n2C. The van der Waals surface area contributed by atoms with E-state index in [1.54, 1.807) is 24.3 Å². The number of hydrogen-bond acceptors (Lipinski definition) is 2. The summed E-state index contributed by atoms with van der Waals surface area (Å²) in [5, 5.41) is 6.81. The highest BCUT2D eigenvalue weighted by molar-refractivity contribution is 6.07. The molecule has 0 saturated heterocycles. The minimum absolute atomic E-state index is 0.139. The number of amides is 2. The Bertz CT molecular complexity index is 1000. The number of anilines is 1. The van der Waals surface area contributed by atoms with Crippen LogP contribution in [0.4, 0.5) is 5.69 Å². The van der Waals surface area contributed by atoms with Crippen LogP contribution in [-0.2, 0) is 7.05 Å². The van der Waals surface area contributed by atoms with E-state index in [-0.39, 0.29) is 11.8 Å². The summed E-state index contributed by atoms with van der Waals surface area (Å²) in [5.74, 6) is 0.0397. The number of aromatic nitrogens is 1. The number of benzene rings is 2. The van der Waals surface area contributed by atoms with Crippen LogP contribution in [-0.4, -0.2) is 22.9 Å². The lowest BCUT2D eigenvalue weighted by Gasteiger charge is -2.10. The number of fused-ring (bicyclic) bond motifs is 1. The van der Waals surface area contributed by atoms with Crippen LogP contribution in [0.25, 0.3) is 10.9 Å². The standard InChI is InChI=1S/C22H25N3O2/c1-14(2)13-23-21(26)16-6-5-7-18(11-16)24-22(27)20-12-17-10-15(3)8-9-19(17)25(20)4/h5-12,14H,13H2,1-4H3,(H,23,26)(H,24,27). The third-order valence-corrected chi connectivity index (χ3v) is 4.48. The molecule has 2 aromatic carbocycles. The van der Waals surface area contributed by atoms with Gasteiger partial charge in [0.25, 0.3) is 11.8 Å². The molecule has 0 unspecified atom stereocenters. The monoisotopic (exact) mass is 363 g/mol. The second-order valence-corrected chi connectivity index (χ2v) is 7.29. The van der Waals surface area contributed by atoms with E-state index < -0.39 is 0 Å². The Morgan fingerprint density at radius 1 is 1.04 bits per heavy atom. The highest BCUT2D eigenvalue weighted by Gasteiger charge is 2.14. The molecular weight excluding hydrogens is 338 g/mol. The van der Waals surface area contributed by atoms with Crippen LogP contribution in [0, 0.1) is 12.8 Å². The first-order chi connectivity index (χ1) is 12.8. The zero-order chi connectivity index (χ0) is 19.6. The topological polar surface area (TPSA) is 63.1 Å². The largest absolute Gasteiger partial charge is 0.352 e. The first-order valence-corrected chi connectivity index (χ1v) is 9.11. The maximum atomic E-state index is 12.8. The number of hydrogen-bond donors (Lipinski definition) is 2. The van der Waals surface area contributed by atoms with Crippen molar-refractivity contribution >= 4 is 28.4 Å². The molecule has 1 heterocycles. The third-order valence-electron chi connectivity index (χ3n) is 4.48. The van der Waals surface area contributed by atoms with Crippen LogP contribution in [0.15, 0.2) is 48.5 Å². The Morgan fingerprint density at radius 2 is 1.81 bits per heavy atom. The van der Waals surface area contributed by atoms with E-state index in [0.717, 1.165) is 16.5 Å². The Kier molecular flexibility index (Phi) is 5.31. The smallest absolute Gasteiger partial charge is 0.272 e. The molecule has 0 bridgehead atoms. The van der Waals surface area contributed by atoms with Crippen LogP contribution in [0.1, 0.15) is 40.3 Å². The van der Waals surface area contributed by atoms with Crippen molar-refractivity contribution in [2.45, 2.75) is 20.8 Å². The van der Waals surface area contributed by atoms with Crippen molar-refractivity contribution in [3.05, 3.63) is 65.4 Å². The van der Waals surface area contributed by atoms with Gasteiger partial charge in [-0.1, -0.05) is 31.5 Å². The van der Waals surface area contributed by atoms with Gasteiger partial charge >= 0.3 is 0 Å². The van der Waals surface area contributed by atoms with Gasteiger partial charge in [-0.3, -0.25) is 9.59 Å². The normalized spacial score (nSPS) is 11.0. The summed E-state index contributed by atoms with van der Waals surface area (Å²) in [4.78, 5) is 25.0. The van der Waals surface area contributed by atoms with Gasteiger partial charge in [-0.2, -0.15) is 0 Å². The fourth-order valence-electron chi connectivity index (χ4n) is 3.02. The summed E-state index contributed by atoms with van der Waals surface area (Å²) < 4.78 is 1.88. The Morgan fingerprint density at radius 3 is 2.56 bits per heavy atom. The Labute approximate surface area is 159 Å². The van der Waals surface area contributed by atoms with E-state index in [0.29, 0.717) is 29.4 Å². The van der Waals surface area contributed by atoms with Crippen LogP contribution >= 0.6 is 0 Å². The predicted octanol–water partition coefficient (Wildman–Crippen LogP) is 4.12. The van der Waals surface area contributed by atoms with Gasteiger partial charge < -0.3 is 15.2 Å². The Balaban J connectivity index is 1.79. The van der Waals surface area contributed by atoms with Gasteiger partial charge in [-0.15, -0.1) is 0 Å². The van der Waals surface area contributed by atoms with Crippen LogP contribution < -0.4 is 10.6 Å². The highest BCUT2D eigenvalue weighted by atomic mass is 16.2. The summed E-state index contributed by atoms with van der Waals surface area (Å²) in [6, 6.07) is 15.0. The first-order valence-electron chi connectivity index (χ1n) is 9.11. The molecule has 3 rings (SSSR count). The number of rotatable bonds is 5. The van der Waals surface area contributed by atoms with Crippen molar-refractivity contribution < 1.29 is 9.59 Å². The Hall–Kier alpha value is -3.08. The first kappa shape index (κ1) is 18.7. The molecule has 0 radical (unpaired) electrons. The summed E-state index contributed by atoms with van der Waals surface area (Å²) in [6.45, 7) is 6.73. The number of aryl methyl sites for hydroxylation is 2. The maximum Gasteiger partial charge on any atom is 0.272 e. The minimum atomic E-state index is -0.203. The van der Waals surface area contributed by atoms with Crippen molar-refractivity contribution in [3.8, 4) is 0 Å². The maximum absolute atomic E-state index is 12.8. The van der Waals surface area contributed by atoms with Crippen LogP contribution in [0.5, 0.6) is 0 Å². The summed E-state index contributed by atoms with van der Waals surface area (Å²) in [6.07, 6.45) is 0. The lowest BCUT2D eigenvalue weighted by Crippen LogP contribution is -2.27. The summed E-state index contributed by atoms with van der Waals surface area (Å²) in [7, 11) is 1.88. The predicted molar refractivity (Wildman–Crippen MR) is 109 cm³/mol. The average molecular weight is 363 g/mol. The van der Waals surface area contributed by atoms with E-state index >= 15 is 0 Å². The van der Waals surface area contributed by atoms with E-state index in [1.165, 1.54) is 0 Å². The molecule has 0 aliphatic heterocycles. The van der Waals surface area contributed by atoms with Gasteiger partial charge in [0.2, 0.25) is 0 Å². The third kappa shape index (κ3) is 4.19. The molecule has 0 aliphatic rings. The molecule has 0 atom stereocenters. The molecular formula is C22H25N3O2. The lowest BCUT2D eigenvalue weighted by molar-refractivity contribution is 0.0947. The fraction of sp³-hybridized carbons (Fsp3) is 0.273. The number of carbonyl (C=O) groups is 2. The molecule has 27 heavy (non-hydrogen) atoms. The lowest BCUT2D eigenvalue weighted by atomic mass is 10.1.